The molecule has 0 unspecified atom stereocenters. The predicted molar refractivity (Wildman–Crippen MR) is 133 cm³/mol. The van der Waals surface area contributed by atoms with E-state index in [0.717, 1.165) is 5.56 Å². The molecule has 3 aromatic rings. The Morgan fingerprint density at radius 3 is 2.31 bits per heavy atom. The highest BCUT2D eigenvalue weighted by Crippen LogP contribution is 2.30. The largest absolute Gasteiger partial charge is 0.493 e. The summed E-state index contributed by atoms with van der Waals surface area (Å²) in [6.45, 7) is 4.50. The van der Waals surface area contributed by atoms with Crippen LogP contribution in [0.3, 0.4) is 0 Å². The van der Waals surface area contributed by atoms with Crippen LogP contribution in [0.4, 0.5) is 5.69 Å². The van der Waals surface area contributed by atoms with Crippen LogP contribution in [0.5, 0.6) is 11.5 Å². The molecule has 0 aliphatic heterocycles. The number of nitrogens with zero attached hydrogens (tertiary/aromatic N) is 1. The minimum atomic E-state index is -0.577. The lowest BCUT2D eigenvalue weighted by Crippen LogP contribution is -2.13. The second-order valence-electron chi connectivity index (χ2n) is 7.81. The molecule has 1 N–H and O–H groups in total. The fraction of sp³-hybridized carbons (Fsp3) is 0.179. The SMILES string of the molecule is COC(=O)c1ccc(NC(=O)/C(C#N)=C/c2ccc(OCc3ccc(C)c(C)c3)c(OC)c2)cc1. The Labute approximate surface area is 204 Å². The molecule has 0 fully saturated rings. The number of carbonyl (C=O) groups excluding carboxylic acids is 2. The summed E-state index contributed by atoms with van der Waals surface area (Å²) >= 11 is 0. The van der Waals surface area contributed by atoms with Crippen LogP contribution < -0.4 is 14.8 Å². The summed E-state index contributed by atoms with van der Waals surface area (Å²) in [6, 6.07) is 19.4. The third kappa shape index (κ3) is 6.49. The first kappa shape index (κ1) is 25.1. The van der Waals surface area contributed by atoms with Gasteiger partial charge in [0.05, 0.1) is 19.8 Å². The Bertz CT molecular complexity index is 1300. The number of benzene rings is 3. The number of carbonyl (C=O) groups is 2. The van der Waals surface area contributed by atoms with Crippen molar-refractivity contribution in [2.45, 2.75) is 20.5 Å². The van der Waals surface area contributed by atoms with E-state index in [4.69, 9.17) is 9.47 Å². The molecule has 0 aliphatic rings. The Morgan fingerprint density at radius 1 is 0.943 bits per heavy atom. The standard InChI is InChI=1S/C28H26N2O5/c1-18-5-6-21(13-19(18)2)17-35-25-12-7-20(15-26(25)33-3)14-23(16-29)27(31)30-24-10-8-22(9-11-24)28(32)34-4/h5-15H,17H2,1-4H3,(H,30,31)/b23-14+. The molecule has 7 heteroatoms. The zero-order chi connectivity index (χ0) is 25.4. The van der Waals surface area contributed by atoms with E-state index in [1.807, 2.05) is 12.1 Å². The normalized spacial score (nSPS) is 10.8. The van der Waals surface area contributed by atoms with E-state index < -0.39 is 11.9 Å². The minimum Gasteiger partial charge on any atom is -0.493 e. The summed E-state index contributed by atoms with van der Waals surface area (Å²) in [7, 11) is 2.82. The molecule has 0 heterocycles. The predicted octanol–water partition coefficient (Wildman–Crippen LogP) is 5.22. The maximum absolute atomic E-state index is 12.6. The number of hydrogen-bond donors (Lipinski definition) is 1. The monoisotopic (exact) mass is 470 g/mol. The van der Waals surface area contributed by atoms with Gasteiger partial charge in [-0.3, -0.25) is 4.79 Å². The molecule has 0 aromatic heterocycles. The van der Waals surface area contributed by atoms with E-state index in [2.05, 4.69) is 36.0 Å². The van der Waals surface area contributed by atoms with Gasteiger partial charge in [0.2, 0.25) is 0 Å². The summed E-state index contributed by atoms with van der Waals surface area (Å²) < 4.78 is 16.0. The summed E-state index contributed by atoms with van der Waals surface area (Å²) in [5, 5.41) is 12.2. The summed E-state index contributed by atoms with van der Waals surface area (Å²) in [6.07, 6.45) is 1.47. The van der Waals surface area contributed by atoms with Crippen LogP contribution in [0.25, 0.3) is 6.08 Å². The molecule has 0 atom stereocenters. The van der Waals surface area contributed by atoms with Crippen LogP contribution in [-0.4, -0.2) is 26.1 Å². The maximum atomic E-state index is 12.6. The fourth-order valence-electron chi connectivity index (χ4n) is 3.27. The van der Waals surface area contributed by atoms with Gasteiger partial charge in [-0.2, -0.15) is 5.26 Å². The number of hydrogen-bond acceptors (Lipinski definition) is 6. The van der Waals surface area contributed by atoms with E-state index in [-0.39, 0.29) is 5.57 Å². The highest BCUT2D eigenvalue weighted by Gasteiger charge is 2.12. The lowest BCUT2D eigenvalue weighted by Gasteiger charge is -2.12. The van der Waals surface area contributed by atoms with Crippen molar-refractivity contribution in [3.8, 4) is 17.6 Å². The van der Waals surface area contributed by atoms with Gasteiger partial charge in [-0.1, -0.05) is 24.3 Å². The van der Waals surface area contributed by atoms with E-state index >= 15 is 0 Å². The molecule has 0 aliphatic carbocycles. The van der Waals surface area contributed by atoms with Crippen molar-refractivity contribution >= 4 is 23.6 Å². The van der Waals surface area contributed by atoms with Gasteiger partial charge in [0.1, 0.15) is 18.2 Å². The molecule has 3 aromatic carbocycles. The van der Waals surface area contributed by atoms with Crippen molar-refractivity contribution in [1.29, 1.82) is 5.26 Å². The highest BCUT2D eigenvalue weighted by atomic mass is 16.5. The van der Waals surface area contributed by atoms with E-state index in [9.17, 15) is 14.9 Å². The van der Waals surface area contributed by atoms with Gasteiger partial charge in [-0.05, 0) is 78.6 Å². The van der Waals surface area contributed by atoms with Crippen LogP contribution in [-0.2, 0) is 16.1 Å². The number of aryl methyl sites for hydroxylation is 2. The van der Waals surface area contributed by atoms with Crippen LogP contribution in [0.1, 0.15) is 32.6 Å². The molecule has 0 bridgehead atoms. The summed E-state index contributed by atoms with van der Waals surface area (Å²) in [4.78, 5) is 24.1. The Morgan fingerprint density at radius 2 is 1.69 bits per heavy atom. The van der Waals surface area contributed by atoms with Crippen molar-refractivity contribution in [3.63, 3.8) is 0 Å². The number of nitriles is 1. The number of rotatable bonds is 8. The summed E-state index contributed by atoms with van der Waals surface area (Å²) in [5.41, 5.74) is 4.77. The number of nitrogens with one attached hydrogen (secondary N) is 1. The van der Waals surface area contributed by atoms with Gasteiger partial charge in [0.15, 0.2) is 11.5 Å². The van der Waals surface area contributed by atoms with Gasteiger partial charge >= 0.3 is 5.97 Å². The lowest BCUT2D eigenvalue weighted by atomic mass is 10.1. The van der Waals surface area contributed by atoms with E-state index in [0.29, 0.717) is 34.9 Å². The van der Waals surface area contributed by atoms with Crippen LogP contribution in [0.2, 0.25) is 0 Å². The minimum absolute atomic E-state index is 0.0899. The second-order valence-corrected chi connectivity index (χ2v) is 7.81. The second kappa shape index (κ2) is 11.5. The number of esters is 1. The molecule has 35 heavy (non-hydrogen) atoms. The van der Waals surface area contributed by atoms with Gasteiger partial charge in [0.25, 0.3) is 5.91 Å². The van der Waals surface area contributed by atoms with Crippen LogP contribution in [0, 0.1) is 25.2 Å². The Kier molecular flexibility index (Phi) is 8.25. The third-order valence-corrected chi connectivity index (χ3v) is 5.39. The molecule has 3 rings (SSSR count). The number of ether oxygens (including phenoxy) is 3. The zero-order valence-corrected chi connectivity index (χ0v) is 20.0. The first-order chi connectivity index (χ1) is 16.8. The first-order valence-electron chi connectivity index (χ1n) is 10.8. The zero-order valence-electron chi connectivity index (χ0n) is 20.0. The van der Waals surface area contributed by atoms with Crippen LogP contribution in [0.15, 0.2) is 66.2 Å². The molecule has 1 amide bonds. The number of anilines is 1. The number of amides is 1. The molecular weight excluding hydrogens is 444 g/mol. The molecule has 0 radical (unpaired) electrons. The lowest BCUT2D eigenvalue weighted by molar-refractivity contribution is -0.112. The summed E-state index contributed by atoms with van der Waals surface area (Å²) in [5.74, 6) is -0.0154. The average molecular weight is 471 g/mol. The maximum Gasteiger partial charge on any atom is 0.337 e. The van der Waals surface area contributed by atoms with Crippen molar-refractivity contribution in [2.24, 2.45) is 0 Å². The molecule has 0 spiro atoms. The van der Waals surface area contributed by atoms with Crippen molar-refractivity contribution in [3.05, 3.63) is 94.1 Å². The molecular formula is C28H26N2O5. The fourth-order valence-corrected chi connectivity index (χ4v) is 3.27. The average Bonchev–Trinajstić information content (AvgIpc) is 2.88. The van der Waals surface area contributed by atoms with Gasteiger partial charge in [-0.15, -0.1) is 0 Å². The van der Waals surface area contributed by atoms with Crippen molar-refractivity contribution < 1.29 is 23.8 Å². The van der Waals surface area contributed by atoms with E-state index in [1.54, 1.807) is 30.3 Å². The molecule has 0 saturated carbocycles. The quantitative estimate of drug-likeness (QED) is 0.275. The van der Waals surface area contributed by atoms with Crippen molar-refractivity contribution in [2.75, 3.05) is 19.5 Å². The third-order valence-electron chi connectivity index (χ3n) is 5.39. The van der Waals surface area contributed by atoms with Crippen molar-refractivity contribution in [1.82, 2.24) is 0 Å². The van der Waals surface area contributed by atoms with Gasteiger partial charge in [0, 0.05) is 5.69 Å². The van der Waals surface area contributed by atoms with E-state index in [1.165, 1.54) is 43.6 Å². The molecule has 0 saturated heterocycles. The highest BCUT2D eigenvalue weighted by molar-refractivity contribution is 6.09. The number of methoxy groups -OCH3 is 2. The van der Waals surface area contributed by atoms with Crippen LogP contribution >= 0.6 is 0 Å². The van der Waals surface area contributed by atoms with Gasteiger partial charge < -0.3 is 19.5 Å². The Balaban J connectivity index is 1.72. The first-order valence-corrected chi connectivity index (χ1v) is 10.8. The topological polar surface area (TPSA) is 97.7 Å². The molecule has 7 nitrogen and oxygen atoms in total. The van der Waals surface area contributed by atoms with Gasteiger partial charge in [-0.25, -0.2) is 4.79 Å². The Hall–Kier alpha value is -4.57. The molecule has 178 valence electrons. The smallest absolute Gasteiger partial charge is 0.337 e.